The number of anilines is 2. The number of unbranched alkanes of at least 4 members (excludes halogenated alkanes) is 1. The number of methoxy groups -OCH3 is 1. The van der Waals surface area contributed by atoms with Crippen LogP contribution in [0.2, 0.25) is 5.02 Å². The molecule has 0 saturated heterocycles. The van der Waals surface area contributed by atoms with Gasteiger partial charge in [-0.05, 0) is 24.6 Å². The van der Waals surface area contributed by atoms with Gasteiger partial charge in [-0.1, -0.05) is 36.3 Å². The maximum atomic E-state index is 12.0. The first-order chi connectivity index (χ1) is 10.6. The fourth-order valence-electron chi connectivity index (χ4n) is 1.76. The van der Waals surface area contributed by atoms with E-state index in [1.165, 1.54) is 18.4 Å². The number of aryl methyl sites for hydroxylation is 1. The molecule has 1 aromatic carbocycles. The monoisotopic (exact) mass is 340 g/mol. The van der Waals surface area contributed by atoms with Crippen LogP contribution in [-0.4, -0.2) is 23.3 Å². The highest BCUT2D eigenvalue weighted by molar-refractivity contribution is 7.15. The van der Waals surface area contributed by atoms with Crippen LogP contribution in [0.15, 0.2) is 18.2 Å². The SMILES string of the molecule is CCCCc1nnc(NC(=O)Nc2cc(Cl)ccc2OC)s1. The molecule has 2 rings (SSSR count). The summed E-state index contributed by atoms with van der Waals surface area (Å²) in [6.45, 7) is 2.12. The van der Waals surface area contributed by atoms with Gasteiger partial charge in [0, 0.05) is 11.4 Å². The maximum Gasteiger partial charge on any atom is 0.325 e. The molecule has 0 aliphatic rings. The smallest absolute Gasteiger partial charge is 0.325 e. The Kier molecular flexibility index (Phi) is 5.97. The highest BCUT2D eigenvalue weighted by Crippen LogP contribution is 2.28. The number of nitrogens with one attached hydrogen (secondary N) is 2. The number of amides is 2. The number of nitrogens with zero attached hydrogens (tertiary/aromatic N) is 2. The van der Waals surface area contributed by atoms with Crippen molar-refractivity contribution in [3.8, 4) is 5.75 Å². The minimum absolute atomic E-state index is 0.418. The molecule has 0 bridgehead atoms. The Morgan fingerprint density at radius 2 is 2.18 bits per heavy atom. The molecule has 1 aromatic heterocycles. The third-order valence-corrected chi connectivity index (χ3v) is 3.97. The number of carbonyl (C=O) groups is 1. The highest BCUT2D eigenvalue weighted by atomic mass is 35.5. The van der Waals surface area contributed by atoms with Crippen molar-refractivity contribution in [2.75, 3.05) is 17.7 Å². The zero-order valence-electron chi connectivity index (χ0n) is 12.4. The number of benzene rings is 1. The van der Waals surface area contributed by atoms with Gasteiger partial charge in [0.2, 0.25) is 5.13 Å². The lowest BCUT2D eigenvalue weighted by molar-refractivity contribution is 0.262. The second-order valence-corrected chi connectivity index (χ2v) is 6.03. The van der Waals surface area contributed by atoms with Crippen molar-refractivity contribution < 1.29 is 9.53 Å². The minimum Gasteiger partial charge on any atom is -0.495 e. The number of ether oxygens (including phenoxy) is 1. The lowest BCUT2D eigenvalue weighted by Crippen LogP contribution is -2.19. The van der Waals surface area contributed by atoms with Gasteiger partial charge in [-0.15, -0.1) is 10.2 Å². The summed E-state index contributed by atoms with van der Waals surface area (Å²) < 4.78 is 5.17. The van der Waals surface area contributed by atoms with E-state index in [4.69, 9.17) is 16.3 Å². The van der Waals surface area contributed by atoms with Gasteiger partial charge in [0.1, 0.15) is 10.8 Å². The van der Waals surface area contributed by atoms with Crippen LogP contribution < -0.4 is 15.4 Å². The number of urea groups is 1. The lowest BCUT2D eigenvalue weighted by atomic mass is 10.3. The first kappa shape index (κ1) is 16.5. The van der Waals surface area contributed by atoms with Crippen molar-refractivity contribution >= 4 is 39.8 Å². The quantitative estimate of drug-likeness (QED) is 0.826. The largest absolute Gasteiger partial charge is 0.495 e. The molecule has 1 heterocycles. The maximum absolute atomic E-state index is 12.0. The van der Waals surface area contributed by atoms with Gasteiger partial charge in [0.15, 0.2) is 0 Å². The Morgan fingerprint density at radius 3 is 2.91 bits per heavy atom. The predicted molar refractivity (Wildman–Crippen MR) is 89.2 cm³/mol. The van der Waals surface area contributed by atoms with E-state index in [9.17, 15) is 4.79 Å². The second-order valence-electron chi connectivity index (χ2n) is 4.53. The molecule has 0 spiro atoms. The summed E-state index contributed by atoms with van der Waals surface area (Å²) in [5.41, 5.74) is 0.489. The Balaban J connectivity index is 1.98. The summed E-state index contributed by atoms with van der Waals surface area (Å²) in [4.78, 5) is 12.0. The van der Waals surface area contributed by atoms with E-state index in [0.717, 1.165) is 24.3 Å². The number of rotatable bonds is 6. The van der Waals surface area contributed by atoms with E-state index in [2.05, 4.69) is 27.8 Å². The van der Waals surface area contributed by atoms with Crippen molar-refractivity contribution in [1.29, 1.82) is 0 Å². The molecule has 0 fully saturated rings. The number of hydrogen-bond donors (Lipinski definition) is 2. The molecular formula is C14H17ClN4O2S. The average Bonchev–Trinajstić information content (AvgIpc) is 2.92. The Bertz CT molecular complexity index is 648. The molecule has 0 saturated carbocycles. The molecule has 2 N–H and O–H groups in total. The number of aromatic nitrogens is 2. The Morgan fingerprint density at radius 1 is 1.36 bits per heavy atom. The van der Waals surface area contributed by atoms with Crippen molar-refractivity contribution in [3.63, 3.8) is 0 Å². The van der Waals surface area contributed by atoms with Gasteiger partial charge in [-0.2, -0.15) is 0 Å². The normalized spacial score (nSPS) is 10.3. The van der Waals surface area contributed by atoms with E-state index in [0.29, 0.717) is 21.6 Å². The molecular weight excluding hydrogens is 324 g/mol. The fourth-order valence-corrected chi connectivity index (χ4v) is 2.71. The van der Waals surface area contributed by atoms with E-state index in [1.807, 2.05) is 0 Å². The molecule has 2 aromatic rings. The third-order valence-electron chi connectivity index (χ3n) is 2.84. The van der Waals surface area contributed by atoms with Crippen molar-refractivity contribution in [3.05, 3.63) is 28.2 Å². The highest BCUT2D eigenvalue weighted by Gasteiger charge is 2.11. The van der Waals surface area contributed by atoms with Crippen LogP contribution in [0.25, 0.3) is 0 Å². The summed E-state index contributed by atoms with van der Waals surface area (Å²) in [5, 5.41) is 15.2. The van der Waals surface area contributed by atoms with Crippen LogP contribution in [0, 0.1) is 0 Å². The van der Waals surface area contributed by atoms with Crippen LogP contribution in [0.1, 0.15) is 24.8 Å². The van der Waals surface area contributed by atoms with E-state index in [-0.39, 0.29) is 0 Å². The van der Waals surface area contributed by atoms with Crippen molar-refractivity contribution in [2.24, 2.45) is 0 Å². The third kappa shape index (κ3) is 4.57. The first-order valence-corrected chi connectivity index (χ1v) is 8.05. The van der Waals surface area contributed by atoms with Crippen LogP contribution in [-0.2, 0) is 6.42 Å². The van der Waals surface area contributed by atoms with Crippen LogP contribution >= 0.6 is 22.9 Å². The van der Waals surface area contributed by atoms with Gasteiger partial charge < -0.3 is 10.1 Å². The number of hydrogen-bond acceptors (Lipinski definition) is 5. The summed E-state index contributed by atoms with van der Waals surface area (Å²) in [5.74, 6) is 0.528. The van der Waals surface area contributed by atoms with E-state index in [1.54, 1.807) is 18.2 Å². The molecule has 0 aliphatic carbocycles. The van der Waals surface area contributed by atoms with Gasteiger partial charge in [0.25, 0.3) is 0 Å². The molecule has 0 radical (unpaired) electrons. The molecule has 0 aliphatic heterocycles. The molecule has 22 heavy (non-hydrogen) atoms. The van der Waals surface area contributed by atoms with Gasteiger partial charge in [-0.3, -0.25) is 5.32 Å². The summed E-state index contributed by atoms with van der Waals surface area (Å²) >= 11 is 7.30. The van der Waals surface area contributed by atoms with Gasteiger partial charge >= 0.3 is 6.03 Å². The first-order valence-electron chi connectivity index (χ1n) is 6.86. The molecule has 0 atom stereocenters. The topological polar surface area (TPSA) is 76.1 Å². The summed E-state index contributed by atoms with van der Waals surface area (Å²) in [6, 6.07) is 4.57. The molecule has 2 amide bonds. The molecule has 8 heteroatoms. The molecule has 118 valence electrons. The van der Waals surface area contributed by atoms with Gasteiger partial charge in [-0.25, -0.2) is 4.79 Å². The zero-order chi connectivity index (χ0) is 15.9. The summed E-state index contributed by atoms with van der Waals surface area (Å²) in [6.07, 6.45) is 3.03. The van der Waals surface area contributed by atoms with Gasteiger partial charge in [0.05, 0.1) is 12.8 Å². The average molecular weight is 341 g/mol. The second kappa shape index (κ2) is 7.95. The van der Waals surface area contributed by atoms with Crippen LogP contribution in [0.4, 0.5) is 15.6 Å². The number of halogens is 1. The predicted octanol–water partition coefficient (Wildman–Crippen LogP) is 4.19. The molecule has 0 unspecified atom stereocenters. The van der Waals surface area contributed by atoms with Crippen LogP contribution in [0.5, 0.6) is 5.75 Å². The van der Waals surface area contributed by atoms with Crippen LogP contribution in [0.3, 0.4) is 0 Å². The van der Waals surface area contributed by atoms with Crippen molar-refractivity contribution in [1.82, 2.24) is 10.2 Å². The molecule has 6 nitrogen and oxygen atoms in total. The van der Waals surface area contributed by atoms with E-state index >= 15 is 0 Å². The lowest BCUT2D eigenvalue weighted by Gasteiger charge is -2.10. The Labute approximate surface area is 137 Å². The minimum atomic E-state index is -0.418. The standard InChI is InChI=1S/C14H17ClN4O2S/c1-3-4-5-12-18-19-14(22-12)17-13(20)16-10-8-9(15)6-7-11(10)21-2/h6-8H,3-5H2,1-2H3,(H2,16,17,19,20). The zero-order valence-corrected chi connectivity index (χ0v) is 13.9. The fraction of sp³-hybridized carbons (Fsp3) is 0.357. The number of carbonyl (C=O) groups excluding carboxylic acids is 1. The van der Waals surface area contributed by atoms with E-state index < -0.39 is 6.03 Å². The summed E-state index contributed by atoms with van der Waals surface area (Å²) in [7, 11) is 1.52. The van der Waals surface area contributed by atoms with Crippen molar-refractivity contribution in [2.45, 2.75) is 26.2 Å². The Hall–Kier alpha value is -1.86.